The topological polar surface area (TPSA) is 52.6 Å². The van der Waals surface area contributed by atoms with E-state index in [1.807, 2.05) is 0 Å². The van der Waals surface area contributed by atoms with Crippen molar-refractivity contribution in [1.82, 2.24) is 20.5 Å². The quantitative estimate of drug-likeness (QED) is 0.573. The predicted octanol–water partition coefficient (Wildman–Crippen LogP) is 3.79. The molecule has 0 bridgehead atoms. The summed E-state index contributed by atoms with van der Waals surface area (Å²) in [4.78, 5) is 13.1. The van der Waals surface area contributed by atoms with Crippen molar-refractivity contribution in [3.05, 3.63) is 51.0 Å². The van der Waals surface area contributed by atoms with Gasteiger partial charge < -0.3 is 10.6 Å². The molecule has 152 valence electrons. The molecule has 0 saturated carbocycles. The third-order valence-electron chi connectivity index (χ3n) is 5.14. The van der Waals surface area contributed by atoms with Crippen molar-refractivity contribution >= 4 is 17.3 Å². The lowest BCUT2D eigenvalue weighted by atomic mass is 10.0. The van der Waals surface area contributed by atoms with Crippen LogP contribution in [-0.4, -0.2) is 41.5 Å². The molecular formula is C22H33N5S. The molecule has 1 aliphatic heterocycles. The van der Waals surface area contributed by atoms with Crippen LogP contribution in [0, 0.1) is 20.8 Å². The van der Waals surface area contributed by atoms with Crippen molar-refractivity contribution in [2.45, 2.75) is 59.7 Å². The monoisotopic (exact) mass is 399 g/mol. The number of hydrogen-bond donors (Lipinski definition) is 2. The van der Waals surface area contributed by atoms with E-state index in [-0.39, 0.29) is 0 Å². The molecule has 5 nitrogen and oxygen atoms in total. The van der Waals surface area contributed by atoms with Crippen molar-refractivity contribution in [3.8, 4) is 0 Å². The molecule has 0 aliphatic carbocycles. The average Bonchev–Trinajstić information content (AvgIpc) is 2.99. The van der Waals surface area contributed by atoms with Gasteiger partial charge in [-0.1, -0.05) is 29.8 Å². The first-order valence-corrected chi connectivity index (χ1v) is 11.1. The molecule has 2 aromatic rings. The fourth-order valence-corrected chi connectivity index (χ4v) is 4.55. The number of aliphatic imine (C=N–C) groups is 1. The predicted molar refractivity (Wildman–Crippen MR) is 119 cm³/mol. The Morgan fingerprint density at radius 3 is 2.68 bits per heavy atom. The minimum absolute atomic E-state index is 0.482. The number of thiazole rings is 1. The van der Waals surface area contributed by atoms with E-state index in [1.165, 1.54) is 16.0 Å². The molecule has 0 unspecified atom stereocenters. The third-order valence-corrected chi connectivity index (χ3v) is 6.20. The van der Waals surface area contributed by atoms with Crippen LogP contribution >= 0.6 is 11.3 Å². The lowest BCUT2D eigenvalue weighted by Gasteiger charge is -2.33. The maximum Gasteiger partial charge on any atom is 0.191 e. The molecule has 2 heterocycles. The summed E-state index contributed by atoms with van der Waals surface area (Å²) in [6, 6.07) is 9.33. The van der Waals surface area contributed by atoms with E-state index in [4.69, 9.17) is 4.99 Å². The molecule has 3 rings (SSSR count). The van der Waals surface area contributed by atoms with Crippen LogP contribution < -0.4 is 10.6 Å². The van der Waals surface area contributed by atoms with Crippen LogP contribution in [0.2, 0.25) is 0 Å². The molecule has 1 aromatic heterocycles. The van der Waals surface area contributed by atoms with Gasteiger partial charge in [0, 0.05) is 37.1 Å². The van der Waals surface area contributed by atoms with Crippen LogP contribution in [0.15, 0.2) is 29.3 Å². The number of hydrogen-bond acceptors (Lipinski definition) is 4. The van der Waals surface area contributed by atoms with Crippen LogP contribution in [-0.2, 0) is 13.1 Å². The van der Waals surface area contributed by atoms with Gasteiger partial charge in [0.2, 0.25) is 0 Å². The van der Waals surface area contributed by atoms with Crippen LogP contribution in [0.3, 0.4) is 0 Å². The first kappa shape index (κ1) is 20.8. The van der Waals surface area contributed by atoms with Gasteiger partial charge in [-0.3, -0.25) is 4.90 Å². The zero-order valence-corrected chi connectivity index (χ0v) is 18.4. The lowest BCUT2D eigenvalue weighted by Crippen LogP contribution is -2.48. The van der Waals surface area contributed by atoms with Gasteiger partial charge in [0.05, 0.1) is 17.2 Å². The summed E-state index contributed by atoms with van der Waals surface area (Å²) in [6.07, 6.45) is 2.30. The standard InChI is InChI=1S/C22H33N5S/c1-5-23-22(24-14-21-17(3)25-18(4)28-21)26-20-9-11-27(12-10-20)15-19-8-6-7-16(2)13-19/h6-8,13,20H,5,9-12,14-15H2,1-4H3,(H2,23,24,26). The maximum atomic E-state index is 4.80. The highest BCUT2D eigenvalue weighted by molar-refractivity contribution is 7.11. The number of likely N-dealkylation sites (tertiary alicyclic amines) is 1. The van der Waals surface area contributed by atoms with E-state index >= 15 is 0 Å². The van der Waals surface area contributed by atoms with Crippen molar-refractivity contribution in [3.63, 3.8) is 0 Å². The third kappa shape index (κ3) is 6.04. The zero-order chi connectivity index (χ0) is 19.9. The van der Waals surface area contributed by atoms with Crippen LogP contribution in [0.5, 0.6) is 0 Å². The number of aryl methyl sites for hydroxylation is 3. The number of benzene rings is 1. The number of aromatic nitrogens is 1. The molecule has 0 spiro atoms. The van der Waals surface area contributed by atoms with Crippen molar-refractivity contribution in [2.24, 2.45) is 4.99 Å². The first-order valence-electron chi connectivity index (χ1n) is 10.3. The van der Waals surface area contributed by atoms with E-state index in [1.54, 1.807) is 11.3 Å². The Labute approximate surface area is 173 Å². The lowest BCUT2D eigenvalue weighted by molar-refractivity contribution is 0.198. The molecule has 0 amide bonds. The van der Waals surface area contributed by atoms with E-state index in [0.29, 0.717) is 12.6 Å². The summed E-state index contributed by atoms with van der Waals surface area (Å²) in [6.45, 7) is 13.3. The van der Waals surface area contributed by atoms with Crippen molar-refractivity contribution in [2.75, 3.05) is 19.6 Å². The van der Waals surface area contributed by atoms with Crippen LogP contribution in [0.25, 0.3) is 0 Å². The molecule has 1 aliphatic rings. The minimum atomic E-state index is 0.482. The number of nitrogens with one attached hydrogen (secondary N) is 2. The Balaban J connectivity index is 1.50. The van der Waals surface area contributed by atoms with Crippen LogP contribution in [0.1, 0.15) is 46.5 Å². The fourth-order valence-electron chi connectivity index (χ4n) is 3.69. The Kier molecular flexibility index (Phi) is 7.45. The fraction of sp³-hybridized carbons (Fsp3) is 0.545. The molecule has 1 fully saturated rings. The average molecular weight is 400 g/mol. The Morgan fingerprint density at radius 2 is 2.04 bits per heavy atom. The van der Waals surface area contributed by atoms with E-state index in [0.717, 1.165) is 55.7 Å². The molecule has 1 saturated heterocycles. The van der Waals surface area contributed by atoms with Crippen LogP contribution in [0.4, 0.5) is 0 Å². The molecular weight excluding hydrogens is 366 g/mol. The molecule has 2 N–H and O–H groups in total. The summed E-state index contributed by atoms with van der Waals surface area (Å²) in [5.74, 6) is 0.921. The highest BCUT2D eigenvalue weighted by Gasteiger charge is 2.20. The molecule has 28 heavy (non-hydrogen) atoms. The summed E-state index contributed by atoms with van der Waals surface area (Å²) < 4.78 is 0. The summed E-state index contributed by atoms with van der Waals surface area (Å²) >= 11 is 1.74. The minimum Gasteiger partial charge on any atom is -0.357 e. The largest absolute Gasteiger partial charge is 0.357 e. The maximum absolute atomic E-state index is 4.80. The second kappa shape index (κ2) is 10.0. The second-order valence-corrected chi connectivity index (χ2v) is 8.91. The van der Waals surface area contributed by atoms with Gasteiger partial charge in [-0.05, 0) is 46.1 Å². The highest BCUT2D eigenvalue weighted by atomic mass is 32.1. The van der Waals surface area contributed by atoms with Gasteiger partial charge in [-0.2, -0.15) is 0 Å². The van der Waals surface area contributed by atoms with E-state index in [2.05, 4.69) is 72.5 Å². The van der Waals surface area contributed by atoms with Gasteiger partial charge in [0.15, 0.2) is 5.96 Å². The van der Waals surface area contributed by atoms with Gasteiger partial charge >= 0.3 is 0 Å². The normalized spacial score (nSPS) is 16.4. The van der Waals surface area contributed by atoms with Crippen molar-refractivity contribution < 1.29 is 0 Å². The van der Waals surface area contributed by atoms with Gasteiger partial charge in [0.25, 0.3) is 0 Å². The Bertz CT molecular complexity index is 790. The molecule has 0 radical (unpaired) electrons. The van der Waals surface area contributed by atoms with E-state index < -0.39 is 0 Å². The molecule has 0 atom stereocenters. The molecule has 6 heteroatoms. The molecule has 1 aromatic carbocycles. The smallest absolute Gasteiger partial charge is 0.191 e. The zero-order valence-electron chi connectivity index (χ0n) is 17.6. The van der Waals surface area contributed by atoms with Gasteiger partial charge in [-0.15, -0.1) is 11.3 Å². The van der Waals surface area contributed by atoms with Crippen molar-refractivity contribution in [1.29, 1.82) is 0 Å². The highest BCUT2D eigenvalue weighted by Crippen LogP contribution is 2.18. The number of rotatable bonds is 6. The Hall–Kier alpha value is -1.92. The number of piperidine rings is 1. The number of nitrogens with zero attached hydrogens (tertiary/aromatic N) is 3. The number of guanidine groups is 1. The second-order valence-electron chi connectivity index (χ2n) is 7.62. The Morgan fingerprint density at radius 1 is 1.25 bits per heavy atom. The summed E-state index contributed by atoms with van der Waals surface area (Å²) in [5.41, 5.74) is 3.86. The van der Waals surface area contributed by atoms with Gasteiger partial charge in [0.1, 0.15) is 0 Å². The SMILES string of the molecule is CCNC(=NCc1sc(C)nc1C)NC1CCN(Cc2cccc(C)c2)CC1. The summed E-state index contributed by atoms with van der Waals surface area (Å²) in [7, 11) is 0. The van der Waals surface area contributed by atoms with Gasteiger partial charge in [-0.25, -0.2) is 9.98 Å². The summed E-state index contributed by atoms with van der Waals surface area (Å²) in [5, 5.41) is 8.15. The van der Waals surface area contributed by atoms with E-state index in [9.17, 15) is 0 Å². The first-order chi connectivity index (χ1) is 13.5.